The Labute approximate surface area is 571 Å². The molecule has 0 spiro atoms. The van der Waals surface area contributed by atoms with E-state index in [0.717, 1.165) is 121 Å². The highest BCUT2D eigenvalue weighted by Crippen LogP contribution is 2.27. The van der Waals surface area contributed by atoms with Crippen LogP contribution >= 0.6 is 22.6 Å². The Bertz CT molecular complexity index is 3650. The molecule has 2 aliphatic heterocycles. The highest BCUT2D eigenvalue weighted by Gasteiger charge is 2.30. The average molecular weight is 1470 g/mol. The summed E-state index contributed by atoms with van der Waals surface area (Å²) < 4.78 is 11.5. The van der Waals surface area contributed by atoms with E-state index in [9.17, 15) is 19.2 Å². The van der Waals surface area contributed by atoms with Gasteiger partial charge in [0.2, 0.25) is 18.6 Å². The second kappa shape index (κ2) is 35.8. The van der Waals surface area contributed by atoms with Gasteiger partial charge in [0.1, 0.15) is 4.61 Å². The SMILES string of the molecule is CC(C)CC(=O)OCI.Cc1ccc(NC(=O)c2ccc(CN3CCN(C)CC3)cc2)cc1Nc1nccc(-c2cccnc2)n1.Cc1ccc(NC(=O)c2ccc(CN3CC[N+](C)(COC(=O)CC(C)C)CC3)cc2)cc1Nc1nccc(-c2cccnc2)n1.[I-]. The first kappa shape index (κ1) is 71.6. The molecule has 4 aromatic carbocycles. The van der Waals surface area contributed by atoms with Crippen LogP contribution in [-0.2, 0) is 32.2 Å². The first-order valence-corrected chi connectivity index (χ1v) is 32.2. The summed E-state index contributed by atoms with van der Waals surface area (Å²) in [6.07, 6.45) is 11.4. The van der Waals surface area contributed by atoms with E-state index < -0.39 is 0 Å². The highest BCUT2D eigenvalue weighted by molar-refractivity contribution is 14.1. The Balaban J connectivity index is 0.000000231. The van der Waals surface area contributed by atoms with Gasteiger partial charge in [-0.2, -0.15) is 0 Å². The Kier molecular flexibility index (Phi) is 27.9. The van der Waals surface area contributed by atoms with E-state index in [4.69, 9.17) is 9.47 Å². The number of halogens is 2. The number of hydrogen-bond acceptors (Lipinski definition) is 17. The fourth-order valence-electron chi connectivity index (χ4n) is 9.90. The van der Waals surface area contributed by atoms with Gasteiger partial charge in [0, 0.05) is 147 Å². The van der Waals surface area contributed by atoms with Crippen LogP contribution in [0.25, 0.3) is 22.5 Å². The van der Waals surface area contributed by atoms with Crippen LogP contribution in [0.2, 0.25) is 0 Å². The largest absolute Gasteiger partial charge is 1.00 e. The lowest BCUT2D eigenvalue weighted by atomic mass is 10.1. The molecular formula is C70H84I2N14O6. The number of benzene rings is 4. The molecule has 0 aliphatic carbocycles. The topological polar surface area (TPSA) is 222 Å². The third-order valence-corrected chi connectivity index (χ3v) is 15.7. The van der Waals surface area contributed by atoms with Crippen LogP contribution in [0.3, 0.4) is 0 Å². The van der Waals surface area contributed by atoms with Gasteiger partial charge in [-0.1, -0.05) is 64.1 Å². The minimum Gasteiger partial charge on any atom is -1.00 e. The number of alkyl halides is 1. The third-order valence-electron chi connectivity index (χ3n) is 15.4. The molecule has 484 valence electrons. The first-order chi connectivity index (χ1) is 43.8. The van der Waals surface area contributed by atoms with Crippen LogP contribution in [0.1, 0.15) is 83.5 Å². The second-order valence-electron chi connectivity index (χ2n) is 24.0. The molecule has 2 saturated heterocycles. The molecule has 4 N–H and O–H groups in total. The summed E-state index contributed by atoms with van der Waals surface area (Å²) >= 11 is 2.01. The number of nitrogens with zero attached hydrogens (tertiary/aromatic N) is 10. The molecular weight excluding hydrogens is 1390 g/mol. The molecule has 2 fully saturated rings. The number of aromatic nitrogens is 6. The van der Waals surface area contributed by atoms with Gasteiger partial charge >= 0.3 is 11.9 Å². The Morgan fingerprint density at radius 2 is 1.00 bits per heavy atom. The van der Waals surface area contributed by atoms with Gasteiger partial charge in [0.05, 0.1) is 31.5 Å². The first-order valence-electron chi connectivity index (χ1n) is 30.7. The Morgan fingerprint density at radius 1 is 0.565 bits per heavy atom. The van der Waals surface area contributed by atoms with Crippen molar-refractivity contribution in [3.63, 3.8) is 0 Å². The molecule has 6 heterocycles. The quantitative estimate of drug-likeness (QED) is 0.0228. The van der Waals surface area contributed by atoms with E-state index in [2.05, 4.69) is 80.0 Å². The van der Waals surface area contributed by atoms with Crippen LogP contribution in [-0.4, -0.2) is 151 Å². The van der Waals surface area contributed by atoms with E-state index >= 15 is 0 Å². The maximum atomic E-state index is 13.1. The van der Waals surface area contributed by atoms with Crippen molar-refractivity contribution in [1.29, 1.82) is 0 Å². The van der Waals surface area contributed by atoms with E-state index in [1.807, 2.05) is 185 Å². The lowest BCUT2D eigenvalue weighted by Crippen LogP contribution is -3.00. The van der Waals surface area contributed by atoms with Gasteiger partial charge in [-0.3, -0.25) is 43.4 Å². The number of carbonyl (C=O) groups is 4. The van der Waals surface area contributed by atoms with Crippen LogP contribution in [0.5, 0.6) is 0 Å². The van der Waals surface area contributed by atoms with Gasteiger partial charge in [-0.15, -0.1) is 0 Å². The number of amides is 2. The van der Waals surface area contributed by atoms with Crippen molar-refractivity contribution >= 4 is 81.0 Å². The van der Waals surface area contributed by atoms with Gasteiger partial charge in [-0.05, 0) is 163 Å². The van der Waals surface area contributed by atoms with E-state index in [-0.39, 0.29) is 47.7 Å². The number of nitrogens with one attached hydrogen (secondary N) is 4. The van der Waals surface area contributed by atoms with Crippen molar-refractivity contribution in [1.82, 2.24) is 44.6 Å². The highest BCUT2D eigenvalue weighted by atomic mass is 127. The summed E-state index contributed by atoms with van der Waals surface area (Å²) in [5.41, 5.74) is 12.0. The lowest BCUT2D eigenvalue weighted by Gasteiger charge is -2.41. The smallest absolute Gasteiger partial charge is 0.310 e. The number of esters is 2. The van der Waals surface area contributed by atoms with Crippen molar-refractivity contribution in [3.8, 4) is 22.5 Å². The molecule has 0 atom stereocenters. The van der Waals surface area contributed by atoms with Crippen LogP contribution < -0.4 is 45.2 Å². The summed E-state index contributed by atoms with van der Waals surface area (Å²) in [7, 11) is 4.31. The Morgan fingerprint density at radius 3 is 1.41 bits per heavy atom. The second-order valence-corrected chi connectivity index (χ2v) is 24.6. The zero-order valence-corrected chi connectivity index (χ0v) is 58.1. The van der Waals surface area contributed by atoms with E-state index in [1.165, 1.54) is 5.56 Å². The van der Waals surface area contributed by atoms with Gasteiger partial charge < -0.3 is 59.6 Å². The van der Waals surface area contributed by atoms with Crippen molar-refractivity contribution < 1.29 is 57.1 Å². The molecule has 0 saturated carbocycles. The number of pyridine rings is 2. The van der Waals surface area contributed by atoms with Crippen molar-refractivity contribution in [2.75, 3.05) is 99.1 Å². The van der Waals surface area contributed by atoms with Crippen molar-refractivity contribution in [2.45, 2.75) is 67.5 Å². The molecule has 2 aliphatic rings. The normalized spacial score (nSPS) is 13.9. The number of piperazine rings is 2. The zero-order chi connectivity index (χ0) is 64.7. The standard InChI is InChI=1S/C35H41N7O3.C29H31N7O.C6H11IO2.HI/c1-25(2)20-33(43)45-24-42(4)18-16-41(17-19-42)23-27-8-10-28(11-9-27)34(44)38-30-12-7-26(3)32(21-30)40-35-37-15-13-31(39-35)29-6-5-14-36-22-29;1-21-5-10-25(18-27(21)34-29-31-13-11-26(33-29)24-4-3-12-30-19-24)32-28(37)23-8-6-22(7-9-23)20-36-16-14-35(2)15-17-36;1-5(2)3-6(8)9-4-7;/h5-15,21-22,25H,16-20,23-24H2,1-4H3,(H-,37,38,39,40,44);3-13,18-19H,14-17,20H2,1-2H3,(H,32,37)(H,31,33,34);5H,3-4H2,1-2H3;1H. The minimum absolute atomic E-state index is 0. The van der Waals surface area contributed by atoms with E-state index in [1.54, 1.807) is 37.2 Å². The van der Waals surface area contributed by atoms with Crippen LogP contribution in [0.4, 0.5) is 34.6 Å². The average Bonchev–Trinajstić information content (AvgIpc) is 0.958. The third kappa shape index (κ3) is 23.0. The molecule has 0 bridgehead atoms. The maximum absolute atomic E-state index is 13.1. The minimum atomic E-state index is -0.177. The van der Waals surface area contributed by atoms with Crippen LogP contribution in [0, 0.1) is 25.7 Å². The summed E-state index contributed by atoms with van der Waals surface area (Å²) in [4.78, 5) is 82.1. The molecule has 2 amide bonds. The van der Waals surface area contributed by atoms with Gasteiger partial charge in [0.15, 0.2) is 0 Å². The predicted molar refractivity (Wildman–Crippen MR) is 367 cm³/mol. The number of hydrogen-bond donors (Lipinski definition) is 4. The maximum Gasteiger partial charge on any atom is 0.310 e. The predicted octanol–water partition coefficient (Wildman–Crippen LogP) is 9.21. The summed E-state index contributed by atoms with van der Waals surface area (Å²) in [5.74, 6) is 1.11. The number of aryl methyl sites for hydroxylation is 2. The van der Waals surface area contributed by atoms with Gasteiger partial charge in [-0.25, -0.2) is 19.9 Å². The molecule has 92 heavy (non-hydrogen) atoms. The number of carbonyl (C=O) groups excluding carboxylic acids is 4. The molecule has 4 aromatic heterocycles. The summed E-state index contributed by atoms with van der Waals surface area (Å²) in [6, 6.07) is 38.5. The molecule has 0 radical (unpaired) electrons. The fraction of sp³-hybridized carbons (Fsp3) is 0.343. The number of anilines is 6. The van der Waals surface area contributed by atoms with E-state index in [0.29, 0.717) is 70.4 Å². The number of likely N-dealkylation sites (N-methyl/N-ethyl adjacent to an activating group) is 2. The van der Waals surface area contributed by atoms with Crippen molar-refractivity contribution in [2.24, 2.45) is 11.8 Å². The number of rotatable bonds is 21. The lowest BCUT2D eigenvalue weighted by molar-refractivity contribution is -0.929. The number of quaternary nitrogens is 1. The zero-order valence-electron chi connectivity index (χ0n) is 53.7. The van der Waals surface area contributed by atoms with Gasteiger partial charge in [0.25, 0.3) is 11.8 Å². The summed E-state index contributed by atoms with van der Waals surface area (Å²) in [6.45, 7) is 22.2. The summed E-state index contributed by atoms with van der Waals surface area (Å²) in [5, 5.41) is 12.6. The molecule has 10 rings (SSSR count). The number of ether oxygens (including phenoxy) is 2. The Hall–Kier alpha value is -7.88. The monoisotopic (exact) mass is 1470 g/mol. The fourth-order valence-corrected chi connectivity index (χ4v) is 10.2. The molecule has 8 aromatic rings. The molecule has 0 unspecified atom stereocenters. The van der Waals surface area contributed by atoms with Crippen molar-refractivity contribution in [3.05, 3.63) is 192 Å². The van der Waals surface area contributed by atoms with Crippen LogP contribution in [0.15, 0.2) is 159 Å². The molecule has 22 heteroatoms. The molecule has 20 nitrogen and oxygen atoms in total.